The molecule has 3 rings (SSSR count). The second-order valence-electron chi connectivity index (χ2n) is 8.00. The molecule has 1 amide bonds. The van der Waals surface area contributed by atoms with Crippen molar-refractivity contribution >= 4 is 5.91 Å². The van der Waals surface area contributed by atoms with Crippen molar-refractivity contribution in [2.24, 2.45) is 5.92 Å². The molecule has 5 nitrogen and oxygen atoms in total. The number of halogens is 1. The maximum Gasteiger partial charge on any atom is 0.222 e. The summed E-state index contributed by atoms with van der Waals surface area (Å²) in [6, 6.07) is 11.6. The highest BCUT2D eigenvalue weighted by atomic mass is 19.1. The highest BCUT2D eigenvalue weighted by Gasteiger charge is 2.42. The van der Waals surface area contributed by atoms with Gasteiger partial charge in [0, 0.05) is 32.6 Å². The minimum absolute atomic E-state index is 0.0116. The Morgan fingerprint density at radius 2 is 1.90 bits per heavy atom. The molecular weight excluding hydrogens is 369 g/mol. The van der Waals surface area contributed by atoms with Crippen LogP contribution < -0.4 is 0 Å². The van der Waals surface area contributed by atoms with E-state index in [4.69, 9.17) is 0 Å². The zero-order valence-electron chi connectivity index (χ0n) is 17.2. The smallest absolute Gasteiger partial charge is 0.222 e. The van der Waals surface area contributed by atoms with Gasteiger partial charge in [0.1, 0.15) is 11.4 Å². The van der Waals surface area contributed by atoms with Crippen molar-refractivity contribution in [3.05, 3.63) is 65.7 Å². The molecule has 1 aliphatic heterocycles. The first-order chi connectivity index (χ1) is 13.9. The monoisotopic (exact) mass is 399 g/mol. The van der Waals surface area contributed by atoms with Crippen molar-refractivity contribution < 1.29 is 14.3 Å². The van der Waals surface area contributed by atoms with Gasteiger partial charge in [0.25, 0.3) is 0 Å². The van der Waals surface area contributed by atoms with Crippen molar-refractivity contribution in [1.29, 1.82) is 0 Å². The molecule has 156 valence electrons. The lowest BCUT2D eigenvalue weighted by molar-refractivity contribution is -0.128. The molecule has 0 saturated carbocycles. The predicted octanol–water partition coefficient (Wildman–Crippen LogP) is 3.04. The minimum atomic E-state index is -1.25. The van der Waals surface area contributed by atoms with Gasteiger partial charge in [0.2, 0.25) is 5.91 Å². The minimum Gasteiger partial charge on any atom is -0.378 e. The number of benzene rings is 1. The van der Waals surface area contributed by atoms with Crippen LogP contribution in [-0.4, -0.2) is 59.5 Å². The molecule has 1 atom stereocenters. The number of likely N-dealkylation sites (tertiary alicyclic amines) is 1. The van der Waals surface area contributed by atoms with Crippen LogP contribution in [0.4, 0.5) is 4.39 Å². The van der Waals surface area contributed by atoms with E-state index in [0.29, 0.717) is 17.7 Å². The highest BCUT2D eigenvalue weighted by Crippen LogP contribution is 2.41. The van der Waals surface area contributed by atoms with E-state index in [2.05, 4.69) is 9.88 Å². The van der Waals surface area contributed by atoms with Crippen LogP contribution in [0.5, 0.6) is 0 Å². The largest absolute Gasteiger partial charge is 0.378 e. The van der Waals surface area contributed by atoms with Gasteiger partial charge in [0.15, 0.2) is 0 Å². The number of pyridine rings is 1. The van der Waals surface area contributed by atoms with Crippen LogP contribution in [-0.2, 0) is 10.4 Å². The highest BCUT2D eigenvalue weighted by molar-refractivity contribution is 5.75. The molecule has 1 fully saturated rings. The molecule has 1 aromatic heterocycles. The summed E-state index contributed by atoms with van der Waals surface area (Å²) in [4.78, 5) is 20.2. The number of hydrogen-bond acceptors (Lipinski definition) is 4. The number of piperidine rings is 1. The van der Waals surface area contributed by atoms with Crippen molar-refractivity contribution in [3.63, 3.8) is 0 Å². The average molecular weight is 400 g/mol. The van der Waals surface area contributed by atoms with E-state index in [0.717, 1.165) is 38.9 Å². The SMILES string of the molecule is CN(C)C(=O)CCCN1CCC(C(O)(c2ccc(F)cc2)c2ccccn2)CC1. The van der Waals surface area contributed by atoms with Gasteiger partial charge in [-0.05, 0) is 68.7 Å². The third-order valence-electron chi connectivity index (χ3n) is 5.88. The Hall–Kier alpha value is -2.31. The summed E-state index contributed by atoms with van der Waals surface area (Å²) >= 11 is 0. The quantitative estimate of drug-likeness (QED) is 0.778. The van der Waals surface area contributed by atoms with E-state index < -0.39 is 5.60 Å². The molecule has 0 aliphatic carbocycles. The van der Waals surface area contributed by atoms with Gasteiger partial charge in [-0.15, -0.1) is 0 Å². The third kappa shape index (κ3) is 5.00. The predicted molar refractivity (Wildman–Crippen MR) is 111 cm³/mol. The number of rotatable bonds is 7. The number of carbonyl (C=O) groups excluding carboxylic acids is 1. The Kier molecular flexibility index (Phi) is 6.98. The number of hydrogen-bond donors (Lipinski definition) is 1. The molecule has 1 N–H and O–H groups in total. The normalized spacial score (nSPS) is 17.7. The Morgan fingerprint density at radius 3 is 2.48 bits per heavy atom. The first-order valence-corrected chi connectivity index (χ1v) is 10.2. The van der Waals surface area contributed by atoms with E-state index in [1.165, 1.54) is 12.1 Å². The summed E-state index contributed by atoms with van der Waals surface area (Å²) in [5.41, 5.74) is 0.0244. The van der Waals surface area contributed by atoms with Gasteiger partial charge >= 0.3 is 0 Å². The fourth-order valence-corrected chi connectivity index (χ4v) is 4.14. The molecule has 1 aliphatic rings. The van der Waals surface area contributed by atoms with Gasteiger partial charge in [0.05, 0.1) is 5.69 Å². The van der Waals surface area contributed by atoms with Crippen molar-refractivity contribution in [2.45, 2.75) is 31.3 Å². The second-order valence-corrected chi connectivity index (χ2v) is 8.00. The van der Waals surface area contributed by atoms with Gasteiger partial charge < -0.3 is 14.9 Å². The van der Waals surface area contributed by atoms with E-state index in [1.807, 2.05) is 18.2 Å². The maximum absolute atomic E-state index is 13.5. The molecule has 1 unspecified atom stereocenters. The molecule has 0 spiro atoms. The number of carbonyl (C=O) groups is 1. The van der Waals surface area contributed by atoms with Crippen LogP contribution in [0, 0.1) is 11.7 Å². The van der Waals surface area contributed by atoms with E-state index >= 15 is 0 Å². The zero-order valence-corrected chi connectivity index (χ0v) is 17.2. The number of amides is 1. The Bertz CT molecular complexity index is 790. The average Bonchev–Trinajstić information content (AvgIpc) is 2.74. The fraction of sp³-hybridized carbons (Fsp3) is 0.478. The van der Waals surface area contributed by atoms with Crippen molar-refractivity contribution in [3.8, 4) is 0 Å². The third-order valence-corrected chi connectivity index (χ3v) is 5.88. The number of aromatic nitrogens is 1. The topological polar surface area (TPSA) is 56.7 Å². The molecule has 2 heterocycles. The summed E-state index contributed by atoms with van der Waals surface area (Å²) < 4.78 is 13.5. The number of nitrogens with zero attached hydrogens (tertiary/aromatic N) is 3. The van der Waals surface area contributed by atoms with E-state index in [9.17, 15) is 14.3 Å². The standard InChI is InChI=1S/C23H30FN3O2/c1-26(2)22(28)7-5-15-27-16-12-19(13-17-27)23(29,21-6-3-4-14-25-21)18-8-10-20(24)11-9-18/h3-4,6,8-11,14,19,29H,5,7,12-13,15-17H2,1-2H3. The summed E-state index contributed by atoms with van der Waals surface area (Å²) in [6.45, 7) is 2.60. The molecule has 6 heteroatoms. The summed E-state index contributed by atoms with van der Waals surface area (Å²) in [5, 5.41) is 11.8. The van der Waals surface area contributed by atoms with Crippen LogP contribution in [0.15, 0.2) is 48.7 Å². The molecular formula is C23H30FN3O2. The lowest BCUT2D eigenvalue weighted by atomic mass is 9.74. The first-order valence-electron chi connectivity index (χ1n) is 10.2. The summed E-state index contributed by atoms with van der Waals surface area (Å²) in [6.07, 6.45) is 4.70. The van der Waals surface area contributed by atoms with Gasteiger partial charge in [-0.2, -0.15) is 0 Å². The van der Waals surface area contributed by atoms with E-state index in [-0.39, 0.29) is 17.6 Å². The molecule has 0 radical (unpaired) electrons. The van der Waals surface area contributed by atoms with Crippen LogP contribution in [0.3, 0.4) is 0 Å². The Labute approximate surface area is 172 Å². The van der Waals surface area contributed by atoms with Gasteiger partial charge in [-0.1, -0.05) is 18.2 Å². The molecule has 29 heavy (non-hydrogen) atoms. The molecule has 2 aromatic rings. The van der Waals surface area contributed by atoms with Crippen molar-refractivity contribution in [2.75, 3.05) is 33.7 Å². The molecule has 1 saturated heterocycles. The number of aliphatic hydroxyl groups is 1. The Balaban J connectivity index is 1.69. The van der Waals surface area contributed by atoms with Crippen LogP contribution in [0.2, 0.25) is 0 Å². The summed E-state index contributed by atoms with van der Waals surface area (Å²) in [7, 11) is 3.56. The van der Waals surface area contributed by atoms with Crippen LogP contribution in [0.1, 0.15) is 36.9 Å². The summed E-state index contributed by atoms with van der Waals surface area (Å²) in [5.74, 6) is -0.178. The van der Waals surface area contributed by atoms with E-state index in [1.54, 1.807) is 37.3 Å². The maximum atomic E-state index is 13.5. The van der Waals surface area contributed by atoms with Crippen LogP contribution in [0.25, 0.3) is 0 Å². The van der Waals surface area contributed by atoms with Gasteiger partial charge in [-0.3, -0.25) is 9.78 Å². The Morgan fingerprint density at radius 1 is 1.21 bits per heavy atom. The zero-order chi connectivity index (χ0) is 20.9. The molecule has 1 aromatic carbocycles. The van der Waals surface area contributed by atoms with Gasteiger partial charge in [-0.25, -0.2) is 4.39 Å². The second kappa shape index (κ2) is 9.46. The first kappa shape index (κ1) is 21.4. The molecule has 0 bridgehead atoms. The lowest BCUT2D eigenvalue weighted by Gasteiger charge is -2.41. The van der Waals surface area contributed by atoms with Crippen molar-refractivity contribution in [1.82, 2.24) is 14.8 Å². The fourth-order valence-electron chi connectivity index (χ4n) is 4.14. The van der Waals surface area contributed by atoms with Crippen LogP contribution >= 0.6 is 0 Å². The lowest BCUT2D eigenvalue weighted by Crippen LogP contribution is -2.45.